The lowest BCUT2D eigenvalue weighted by molar-refractivity contribution is -0.123. The van der Waals surface area contributed by atoms with E-state index in [9.17, 15) is 13.2 Å². The van der Waals surface area contributed by atoms with Gasteiger partial charge in [-0.2, -0.15) is 4.72 Å². The number of carbonyl (C=O) groups is 1. The van der Waals surface area contributed by atoms with E-state index in [0.29, 0.717) is 5.75 Å². The number of nitrogens with one attached hydrogen (secondary N) is 2. The van der Waals surface area contributed by atoms with E-state index in [1.54, 1.807) is 0 Å². The average Bonchev–Trinajstić information content (AvgIpc) is 2.83. The van der Waals surface area contributed by atoms with Crippen molar-refractivity contribution in [1.29, 1.82) is 0 Å². The Balaban J connectivity index is 1.87. The zero-order chi connectivity index (χ0) is 24.7. The van der Waals surface area contributed by atoms with E-state index in [1.165, 1.54) is 32.4 Å². The summed E-state index contributed by atoms with van der Waals surface area (Å²) in [7, 11) is -1.15. The Labute approximate surface area is 208 Å². The number of rotatable bonds is 10. The van der Waals surface area contributed by atoms with Crippen molar-refractivity contribution in [2.75, 3.05) is 14.2 Å². The van der Waals surface area contributed by atoms with Crippen LogP contribution in [0, 0.1) is 0 Å². The Morgan fingerprint density at radius 1 is 0.941 bits per heavy atom. The van der Waals surface area contributed by atoms with Crippen molar-refractivity contribution < 1.29 is 22.7 Å². The molecule has 7 nitrogen and oxygen atoms in total. The van der Waals surface area contributed by atoms with Crippen LogP contribution in [0.3, 0.4) is 0 Å². The molecule has 2 atom stereocenters. The molecular formula is C25H27BrN2O5S. The molecular weight excluding hydrogens is 520 g/mol. The predicted octanol–water partition coefficient (Wildman–Crippen LogP) is 4.23. The van der Waals surface area contributed by atoms with Crippen molar-refractivity contribution in [3.63, 3.8) is 0 Å². The van der Waals surface area contributed by atoms with Gasteiger partial charge in [-0.15, -0.1) is 0 Å². The summed E-state index contributed by atoms with van der Waals surface area (Å²) in [5.74, 6) is 0.251. The van der Waals surface area contributed by atoms with Crippen molar-refractivity contribution in [1.82, 2.24) is 10.0 Å². The third-order valence-electron chi connectivity index (χ3n) is 5.27. The number of carbonyl (C=O) groups excluding carboxylic acids is 1. The molecule has 0 aromatic heterocycles. The van der Waals surface area contributed by atoms with Crippen LogP contribution in [0.1, 0.15) is 24.1 Å². The van der Waals surface area contributed by atoms with Crippen LogP contribution in [0.5, 0.6) is 11.5 Å². The molecule has 3 aromatic carbocycles. The fourth-order valence-electron chi connectivity index (χ4n) is 3.45. The van der Waals surface area contributed by atoms with E-state index in [4.69, 9.17) is 9.47 Å². The van der Waals surface area contributed by atoms with Gasteiger partial charge in [-0.05, 0) is 48.7 Å². The molecule has 0 fully saturated rings. The molecule has 34 heavy (non-hydrogen) atoms. The van der Waals surface area contributed by atoms with Crippen LogP contribution in [-0.2, 0) is 21.2 Å². The number of amides is 1. The van der Waals surface area contributed by atoms with E-state index in [2.05, 4.69) is 26.0 Å². The minimum Gasteiger partial charge on any atom is -0.493 e. The number of sulfonamides is 1. The van der Waals surface area contributed by atoms with Crippen LogP contribution >= 0.6 is 15.9 Å². The summed E-state index contributed by atoms with van der Waals surface area (Å²) < 4.78 is 40.3. The standard InChI is InChI=1S/C25H27BrN2O5S/c1-17(19-10-7-11-20(26)15-19)27-25(29)22(14-18-8-5-4-6-9-18)28-34(30,31)21-12-13-23(32-2)24(16-21)33-3/h4-13,15-17,22,28H,14H2,1-3H3,(H,27,29)/t17-,22-/m1/s1. The van der Waals surface area contributed by atoms with E-state index >= 15 is 0 Å². The molecule has 0 aliphatic rings. The summed E-state index contributed by atoms with van der Waals surface area (Å²) in [6.45, 7) is 1.85. The Bertz CT molecular complexity index is 1240. The number of hydrogen-bond acceptors (Lipinski definition) is 5. The predicted molar refractivity (Wildman–Crippen MR) is 135 cm³/mol. The van der Waals surface area contributed by atoms with Crippen LogP contribution in [-0.4, -0.2) is 34.6 Å². The Hall–Kier alpha value is -2.88. The first-order valence-corrected chi connectivity index (χ1v) is 12.8. The topological polar surface area (TPSA) is 93.7 Å². The summed E-state index contributed by atoms with van der Waals surface area (Å²) in [6.07, 6.45) is 0.185. The molecule has 0 radical (unpaired) electrons. The summed E-state index contributed by atoms with van der Waals surface area (Å²) in [5.41, 5.74) is 1.72. The molecule has 0 aliphatic heterocycles. The second kappa shape index (κ2) is 11.5. The Morgan fingerprint density at radius 3 is 2.29 bits per heavy atom. The zero-order valence-corrected chi connectivity index (χ0v) is 21.5. The number of hydrogen-bond donors (Lipinski definition) is 2. The molecule has 3 rings (SSSR count). The lowest BCUT2D eigenvalue weighted by atomic mass is 10.0. The van der Waals surface area contributed by atoms with Gasteiger partial charge >= 0.3 is 0 Å². The molecule has 0 saturated heterocycles. The highest BCUT2D eigenvalue weighted by molar-refractivity contribution is 9.10. The molecule has 0 heterocycles. The van der Waals surface area contributed by atoms with Crippen molar-refractivity contribution >= 4 is 31.9 Å². The summed E-state index contributed by atoms with van der Waals surface area (Å²) in [6, 6.07) is 19.8. The number of benzene rings is 3. The molecule has 9 heteroatoms. The minimum absolute atomic E-state index is 0.0314. The van der Waals surface area contributed by atoms with Gasteiger partial charge in [-0.1, -0.05) is 58.4 Å². The molecule has 1 amide bonds. The number of halogens is 1. The highest BCUT2D eigenvalue weighted by Crippen LogP contribution is 2.29. The SMILES string of the molecule is COc1ccc(S(=O)(=O)N[C@H](Cc2ccccc2)C(=O)N[C@H](C)c2cccc(Br)c2)cc1OC. The second-order valence-corrected chi connectivity index (χ2v) is 10.3. The van der Waals surface area contributed by atoms with Gasteiger partial charge in [0.05, 0.1) is 25.2 Å². The smallest absolute Gasteiger partial charge is 0.241 e. The highest BCUT2D eigenvalue weighted by Gasteiger charge is 2.28. The van der Waals surface area contributed by atoms with Crippen LogP contribution in [0.4, 0.5) is 0 Å². The molecule has 0 spiro atoms. The van der Waals surface area contributed by atoms with Gasteiger partial charge < -0.3 is 14.8 Å². The quantitative estimate of drug-likeness (QED) is 0.396. The molecule has 180 valence electrons. The third kappa shape index (κ3) is 6.59. The fraction of sp³-hybridized carbons (Fsp3) is 0.240. The molecule has 2 N–H and O–H groups in total. The van der Waals surface area contributed by atoms with Gasteiger partial charge in [-0.25, -0.2) is 8.42 Å². The Morgan fingerprint density at radius 2 is 1.65 bits per heavy atom. The van der Waals surface area contributed by atoms with E-state index in [0.717, 1.165) is 15.6 Å². The van der Waals surface area contributed by atoms with E-state index < -0.39 is 22.0 Å². The van der Waals surface area contributed by atoms with Gasteiger partial charge in [0.1, 0.15) is 6.04 Å². The van der Waals surface area contributed by atoms with Crippen molar-refractivity contribution in [3.8, 4) is 11.5 Å². The molecule has 0 unspecified atom stereocenters. The van der Waals surface area contributed by atoms with Crippen LogP contribution < -0.4 is 19.5 Å². The molecule has 0 saturated carbocycles. The zero-order valence-electron chi connectivity index (χ0n) is 19.1. The second-order valence-electron chi connectivity index (χ2n) is 7.67. The van der Waals surface area contributed by atoms with Crippen molar-refractivity contribution in [2.24, 2.45) is 0 Å². The van der Waals surface area contributed by atoms with E-state index in [1.807, 2.05) is 61.5 Å². The van der Waals surface area contributed by atoms with Crippen LogP contribution in [0.25, 0.3) is 0 Å². The van der Waals surface area contributed by atoms with Gasteiger partial charge in [0.15, 0.2) is 11.5 Å². The third-order valence-corrected chi connectivity index (χ3v) is 7.23. The van der Waals surface area contributed by atoms with E-state index in [-0.39, 0.29) is 23.1 Å². The maximum atomic E-state index is 13.3. The minimum atomic E-state index is -4.04. The highest BCUT2D eigenvalue weighted by atomic mass is 79.9. The summed E-state index contributed by atoms with van der Waals surface area (Å²) in [4.78, 5) is 13.2. The summed E-state index contributed by atoms with van der Waals surface area (Å²) in [5, 5.41) is 2.93. The van der Waals surface area contributed by atoms with Crippen molar-refractivity contribution in [3.05, 3.63) is 88.4 Å². The molecule has 0 bridgehead atoms. The number of methoxy groups -OCH3 is 2. The van der Waals surface area contributed by atoms with Gasteiger partial charge in [0.25, 0.3) is 0 Å². The largest absolute Gasteiger partial charge is 0.493 e. The molecule has 0 aliphatic carbocycles. The van der Waals surface area contributed by atoms with Crippen LogP contribution in [0.2, 0.25) is 0 Å². The number of ether oxygens (including phenoxy) is 2. The fourth-order valence-corrected chi connectivity index (χ4v) is 5.08. The van der Waals surface area contributed by atoms with Crippen LogP contribution in [0.15, 0.2) is 82.2 Å². The molecule has 3 aromatic rings. The first kappa shape index (κ1) is 25.7. The normalized spacial score (nSPS) is 13.1. The van der Waals surface area contributed by atoms with Gasteiger partial charge in [-0.3, -0.25) is 4.79 Å². The monoisotopic (exact) mass is 546 g/mol. The van der Waals surface area contributed by atoms with Gasteiger partial charge in [0, 0.05) is 10.5 Å². The van der Waals surface area contributed by atoms with Crippen molar-refractivity contribution in [2.45, 2.75) is 30.3 Å². The lowest BCUT2D eigenvalue weighted by Gasteiger charge is -2.22. The maximum absolute atomic E-state index is 13.3. The lowest BCUT2D eigenvalue weighted by Crippen LogP contribution is -2.48. The maximum Gasteiger partial charge on any atom is 0.241 e. The summed E-state index contributed by atoms with van der Waals surface area (Å²) >= 11 is 3.43. The van der Waals surface area contributed by atoms with Gasteiger partial charge in [0.2, 0.25) is 15.9 Å². The average molecular weight is 547 g/mol. The first-order valence-electron chi connectivity index (χ1n) is 10.6. The first-order chi connectivity index (χ1) is 16.2. The Kier molecular flexibility index (Phi) is 8.71.